The molecular weight excluding hydrogens is 170 g/mol. The van der Waals surface area contributed by atoms with Crippen LogP contribution in [0.3, 0.4) is 0 Å². The second kappa shape index (κ2) is 4.30. The van der Waals surface area contributed by atoms with Crippen LogP contribution >= 0.6 is 11.8 Å². The van der Waals surface area contributed by atoms with E-state index in [9.17, 15) is 0 Å². The maximum Gasteiger partial charge on any atom is 0.140 e. The van der Waals surface area contributed by atoms with Crippen molar-refractivity contribution in [2.75, 3.05) is 5.73 Å². The van der Waals surface area contributed by atoms with Gasteiger partial charge in [-0.05, 0) is 11.3 Å². The molecule has 0 radical (unpaired) electrons. The number of nitrogens with zero attached hydrogens (tertiary/aromatic N) is 2. The summed E-state index contributed by atoms with van der Waals surface area (Å²) in [6, 6.07) is 1.70. The lowest BCUT2D eigenvalue weighted by molar-refractivity contribution is 1.03. The van der Waals surface area contributed by atoms with Gasteiger partial charge in [-0.25, -0.2) is 9.97 Å². The SMILES string of the molecule is CC(C)SCc1nccc(N)n1. The second-order valence-electron chi connectivity index (χ2n) is 2.76. The van der Waals surface area contributed by atoms with Crippen molar-refractivity contribution in [3.05, 3.63) is 18.1 Å². The number of hydrogen-bond acceptors (Lipinski definition) is 4. The van der Waals surface area contributed by atoms with Crippen LogP contribution in [0.2, 0.25) is 0 Å². The third kappa shape index (κ3) is 3.09. The Balaban J connectivity index is 2.52. The second-order valence-corrected chi connectivity index (χ2v) is 4.32. The van der Waals surface area contributed by atoms with Gasteiger partial charge in [-0.1, -0.05) is 13.8 Å². The Morgan fingerprint density at radius 3 is 2.92 bits per heavy atom. The fourth-order valence-electron chi connectivity index (χ4n) is 0.726. The fourth-order valence-corrected chi connectivity index (χ4v) is 1.35. The third-order valence-electron chi connectivity index (χ3n) is 1.27. The highest BCUT2D eigenvalue weighted by Crippen LogP contribution is 2.14. The zero-order valence-corrected chi connectivity index (χ0v) is 8.14. The van der Waals surface area contributed by atoms with Gasteiger partial charge >= 0.3 is 0 Å². The van der Waals surface area contributed by atoms with Gasteiger partial charge in [0.2, 0.25) is 0 Å². The van der Waals surface area contributed by atoms with Crippen molar-refractivity contribution in [3.8, 4) is 0 Å². The molecule has 1 aromatic rings. The molecule has 1 heterocycles. The van der Waals surface area contributed by atoms with Gasteiger partial charge in [-0.2, -0.15) is 11.8 Å². The van der Waals surface area contributed by atoms with Crippen molar-refractivity contribution in [1.29, 1.82) is 0 Å². The highest BCUT2D eigenvalue weighted by atomic mass is 32.2. The first-order valence-corrected chi connectivity index (χ1v) is 4.92. The van der Waals surface area contributed by atoms with E-state index in [2.05, 4.69) is 23.8 Å². The quantitative estimate of drug-likeness (QED) is 0.775. The molecule has 0 aliphatic carbocycles. The third-order valence-corrected chi connectivity index (χ3v) is 2.36. The van der Waals surface area contributed by atoms with Gasteiger partial charge in [0.15, 0.2) is 0 Å². The molecule has 0 saturated carbocycles. The first-order chi connectivity index (χ1) is 5.68. The van der Waals surface area contributed by atoms with Gasteiger partial charge in [0.05, 0.1) is 5.75 Å². The highest BCUT2D eigenvalue weighted by Gasteiger charge is 1.99. The smallest absolute Gasteiger partial charge is 0.140 e. The Labute approximate surface area is 76.8 Å². The summed E-state index contributed by atoms with van der Waals surface area (Å²) in [5, 5.41) is 0.607. The van der Waals surface area contributed by atoms with Crippen LogP contribution in [0.4, 0.5) is 5.82 Å². The monoisotopic (exact) mass is 183 g/mol. The van der Waals surface area contributed by atoms with Crippen LogP contribution < -0.4 is 5.73 Å². The molecule has 0 unspecified atom stereocenters. The van der Waals surface area contributed by atoms with E-state index < -0.39 is 0 Å². The van der Waals surface area contributed by atoms with Crippen molar-refractivity contribution in [2.24, 2.45) is 0 Å². The van der Waals surface area contributed by atoms with Crippen LogP contribution in [0.25, 0.3) is 0 Å². The van der Waals surface area contributed by atoms with Crippen LogP contribution in [0.1, 0.15) is 19.7 Å². The van der Waals surface area contributed by atoms with Gasteiger partial charge in [0, 0.05) is 6.20 Å². The van der Waals surface area contributed by atoms with Crippen molar-refractivity contribution in [3.63, 3.8) is 0 Å². The van der Waals surface area contributed by atoms with E-state index in [-0.39, 0.29) is 0 Å². The standard InChI is InChI=1S/C8H13N3S/c1-6(2)12-5-8-10-4-3-7(9)11-8/h3-4,6H,5H2,1-2H3,(H2,9,10,11). The average molecular weight is 183 g/mol. The molecule has 0 amide bonds. The van der Waals surface area contributed by atoms with E-state index in [1.807, 2.05) is 11.8 Å². The predicted molar refractivity (Wildman–Crippen MR) is 52.9 cm³/mol. The van der Waals surface area contributed by atoms with E-state index in [1.165, 1.54) is 0 Å². The lowest BCUT2D eigenvalue weighted by Gasteiger charge is -2.03. The summed E-state index contributed by atoms with van der Waals surface area (Å²) in [4.78, 5) is 8.19. The molecule has 0 aliphatic heterocycles. The maximum absolute atomic E-state index is 5.50. The van der Waals surface area contributed by atoms with Crippen molar-refractivity contribution >= 4 is 17.6 Å². The van der Waals surface area contributed by atoms with Crippen LogP contribution in [-0.4, -0.2) is 15.2 Å². The Hall–Kier alpha value is -0.770. The van der Waals surface area contributed by atoms with Gasteiger partial charge < -0.3 is 5.73 Å². The predicted octanol–water partition coefficient (Wildman–Crippen LogP) is 1.70. The molecular formula is C8H13N3S. The minimum atomic E-state index is 0.546. The Kier molecular flexibility index (Phi) is 3.34. The van der Waals surface area contributed by atoms with Crippen molar-refractivity contribution < 1.29 is 0 Å². The number of aromatic nitrogens is 2. The molecule has 2 N–H and O–H groups in total. The van der Waals surface area contributed by atoms with Crippen LogP contribution in [0.15, 0.2) is 12.3 Å². The summed E-state index contributed by atoms with van der Waals surface area (Å²) in [5.41, 5.74) is 5.50. The zero-order valence-electron chi connectivity index (χ0n) is 7.32. The summed E-state index contributed by atoms with van der Waals surface area (Å²) in [6.45, 7) is 4.30. The van der Waals surface area contributed by atoms with E-state index in [0.717, 1.165) is 11.6 Å². The molecule has 1 aromatic heterocycles. The molecule has 3 nitrogen and oxygen atoms in total. The Morgan fingerprint density at radius 1 is 1.58 bits per heavy atom. The Morgan fingerprint density at radius 2 is 2.33 bits per heavy atom. The largest absolute Gasteiger partial charge is 0.384 e. The van der Waals surface area contributed by atoms with Gasteiger partial charge in [0.1, 0.15) is 11.6 Å². The van der Waals surface area contributed by atoms with E-state index in [0.29, 0.717) is 11.1 Å². The molecule has 0 bridgehead atoms. The molecule has 1 rings (SSSR count). The minimum Gasteiger partial charge on any atom is -0.384 e. The normalized spacial score (nSPS) is 10.6. The number of nitrogen functional groups attached to an aromatic ring is 1. The number of anilines is 1. The van der Waals surface area contributed by atoms with Gasteiger partial charge in [-0.3, -0.25) is 0 Å². The van der Waals surface area contributed by atoms with Crippen molar-refractivity contribution in [1.82, 2.24) is 9.97 Å². The summed E-state index contributed by atoms with van der Waals surface area (Å²) in [6.07, 6.45) is 1.69. The number of rotatable bonds is 3. The molecule has 0 aliphatic rings. The number of hydrogen-bond donors (Lipinski definition) is 1. The lowest BCUT2D eigenvalue weighted by Crippen LogP contribution is -1.98. The topological polar surface area (TPSA) is 51.8 Å². The Bertz CT molecular complexity index is 250. The maximum atomic E-state index is 5.50. The van der Waals surface area contributed by atoms with Crippen molar-refractivity contribution in [2.45, 2.75) is 24.9 Å². The fraction of sp³-hybridized carbons (Fsp3) is 0.500. The van der Waals surface area contributed by atoms with E-state index in [4.69, 9.17) is 5.73 Å². The molecule has 0 fully saturated rings. The van der Waals surface area contributed by atoms with Crippen LogP contribution in [-0.2, 0) is 5.75 Å². The zero-order chi connectivity index (χ0) is 8.97. The first kappa shape index (κ1) is 9.32. The van der Waals surface area contributed by atoms with Crippen LogP contribution in [0.5, 0.6) is 0 Å². The molecule has 0 saturated heterocycles. The minimum absolute atomic E-state index is 0.546. The van der Waals surface area contributed by atoms with Gasteiger partial charge in [0.25, 0.3) is 0 Å². The number of thioether (sulfide) groups is 1. The van der Waals surface area contributed by atoms with E-state index >= 15 is 0 Å². The molecule has 0 aromatic carbocycles. The molecule has 4 heteroatoms. The van der Waals surface area contributed by atoms with E-state index in [1.54, 1.807) is 12.3 Å². The van der Waals surface area contributed by atoms with Crippen LogP contribution in [0, 0.1) is 0 Å². The summed E-state index contributed by atoms with van der Waals surface area (Å²) in [7, 11) is 0. The molecule has 0 atom stereocenters. The summed E-state index contributed by atoms with van der Waals surface area (Å²) < 4.78 is 0. The summed E-state index contributed by atoms with van der Waals surface area (Å²) in [5.74, 6) is 2.20. The number of nitrogens with two attached hydrogens (primary N) is 1. The first-order valence-electron chi connectivity index (χ1n) is 3.87. The van der Waals surface area contributed by atoms with Gasteiger partial charge in [-0.15, -0.1) is 0 Å². The molecule has 0 spiro atoms. The lowest BCUT2D eigenvalue weighted by atomic mass is 10.5. The average Bonchev–Trinajstić information content (AvgIpc) is 2.01. The highest BCUT2D eigenvalue weighted by molar-refractivity contribution is 7.99. The molecule has 12 heavy (non-hydrogen) atoms. The summed E-state index contributed by atoms with van der Waals surface area (Å²) >= 11 is 1.81. The molecule has 66 valence electrons.